The van der Waals surface area contributed by atoms with Crippen LogP contribution in [0.3, 0.4) is 0 Å². The minimum atomic E-state index is -0.198. The van der Waals surface area contributed by atoms with Crippen molar-refractivity contribution in [3.63, 3.8) is 0 Å². The molecule has 0 saturated carbocycles. The Balaban J connectivity index is 1.87. The van der Waals surface area contributed by atoms with Crippen LogP contribution in [0.4, 0.5) is 0 Å². The third kappa shape index (κ3) is 5.21. The van der Waals surface area contributed by atoms with Crippen LogP contribution in [0.25, 0.3) is 0 Å². The molecular formula is C18H25ClN2O3. The van der Waals surface area contributed by atoms with Crippen LogP contribution in [0.15, 0.2) is 24.3 Å². The van der Waals surface area contributed by atoms with Gasteiger partial charge in [0.05, 0.1) is 19.1 Å². The van der Waals surface area contributed by atoms with E-state index in [0.717, 1.165) is 18.4 Å². The molecule has 1 saturated heterocycles. The molecule has 1 aliphatic heterocycles. The van der Waals surface area contributed by atoms with Gasteiger partial charge in [0.15, 0.2) is 0 Å². The second kappa shape index (κ2) is 9.04. The number of halogens is 1. The molecule has 24 heavy (non-hydrogen) atoms. The van der Waals surface area contributed by atoms with Crippen LogP contribution >= 0.6 is 11.6 Å². The largest absolute Gasteiger partial charge is 0.466 e. The van der Waals surface area contributed by atoms with Crippen molar-refractivity contribution >= 4 is 23.5 Å². The third-order valence-electron chi connectivity index (χ3n) is 4.20. The van der Waals surface area contributed by atoms with E-state index in [1.165, 1.54) is 0 Å². The van der Waals surface area contributed by atoms with Crippen molar-refractivity contribution in [3.05, 3.63) is 34.9 Å². The molecule has 0 spiro atoms. The zero-order chi connectivity index (χ0) is 17.5. The maximum Gasteiger partial charge on any atom is 0.310 e. The predicted octanol–water partition coefficient (Wildman–Crippen LogP) is 2.57. The van der Waals surface area contributed by atoms with Crippen molar-refractivity contribution in [2.24, 2.45) is 5.92 Å². The number of nitrogens with zero attached hydrogens (tertiary/aromatic N) is 2. The first kappa shape index (κ1) is 18.7. The summed E-state index contributed by atoms with van der Waals surface area (Å²) in [6.45, 7) is 4.25. The lowest BCUT2D eigenvalue weighted by Gasteiger charge is -2.32. The number of carbonyl (C=O) groups is 2. The summed E-state index contributed by atoms with van der Waals surface area (Å²) in [6.07, 6.45) is 1.63. The number of ether oxygens (including phenoxy) is 1. The van der Waals surface area contributed by atoms with Crippen molar-refractivity contribution in [3.8, 4) is 0 Å². The Morgan fingerprint density at radius 1 is 1.38 bits per heavy atom. The predicted molar refractivity (Wildman–Crippen MR) is 93.7 cm³/mol. The van der Waals surface area contributed by atoms with E-state index in [-0.39, 0.29) is 17.8 Å². The Kier molecular flexibility index (Phi) is 7.06. The summed E-state index contributed by atoms with van der Waals surface area (Å²) >= 11 is 6.16. The lowest BCUT2D eigenvalue weighted by atomic mass is 9.98. The molecule has 1 aromatic carbocycles. The van der Waals surface area contributed by atoms with E-state index in [2.05, 4.69) is 0 Å². The van der Waals surface area contributed by atoms with E-state index in [1.54, 1.807) is 11.8 Å². The van der Waals surface area contributed by atoms with E-state index in [4.69, 9.17) is 16.3 Å². The molecule has 1 atom stereocenters. The summed E-state index contributed by atoms with van der Waals surface area (Å²) in [5.41, 5.74) is 0.998. The molecule has 1 amide bonds. The van der Waals surface area contributed by atoms with Gasteiger partial charge in [-0.3, -0.25) is 14.5 Å². The highest BCUT2D eigenvalue weighted by molar-refractivity contribution is 6.31. The zero-order valence-electron chi connectivity index (χ0n) is 14.3. The summed E-state index contributed by atoms with van der Waals surface area (Å²) in [7, 11) is 1.90. The van der Waals surface area contributed by atoms with Gasteiger partial charge >= 0.3 is 5.97 Å². The Labute approximate surface area is 148 Å². The molecule has 5 nitrogen and oxygen atoms in total. The number of likely N-dealkylation sites (tertiary alicyclic amines) is 1. The van der Waals surface area contributed by atoms with Crippen molar-refractivity contribution in [1.29, 1.82) is 0 Å². The molecule has 132 valence electrons. The zero-order valence-corrected chi connectivity index (χ0v) is 15.1. The topological polar surface area (TPSA) is 49.9 Å². The van der Waals surface area contributed by atoms with Crippen LogP contribution in [0, 0.1) is 5.92 Å². The fraction of sp³-hybridized carbons (Fsp3) is 0.556. The summed E-state index contributed by atoms with van der Waals surface area (Å²) in [6, 6.07) is 7.63. The standard InChI is InChI=1S/C18H25ClN2O3/c1-3-24-18(23)15-8-6-10-21(12-15)17(22)13-20(2)11-14-7-4-5-9-16(14)19/h4-5,7,9,15H,3,6,8,10-13H2,1-2H3. The number of piperidine rings is 1. The van der Waals surface area contributed by atoms with Crippen LogP contribution in [0.1, 0.15) is 25.3 Å². The minimum absolute atomic E-state index is 0.0403. The van der Waals surface area contributed by atoms with Crippen molar-refractivity contribution in [2.45, 2.75) is 26.3 Å². The monoisotopic (exact) mass is 352 g/mol. The molecule has 0 radical (unpaired) electrons. The van der Waals surface area contributed by atoms with Crippen LogP contribution in [-0.2, 0) is 20.9 Å². The summed E-state index contributed by atoms with van der Waals surface area (Å²) < 4.78 is 5.08. The number of likely N-dealkylation sites (N-methyl/N-ethyl adjacent to an activating group) is 1. The Morgan fingerprint density at radius 3 is 2.83 bits per heavy atom. The van der Waals surface area contributed by atoms with Gasteiger partial charge in [0.2, 0.25) is 5.91 Å². The molecular weight excluding hydrogens is 328 g/mol. The Bertz CT molecular complexity index is 579. The first-order valence-electron chi connectivity index (χ1n) is 8.37. The van der Waals surface area contributed by atoms with Gasteiger partial charge < -0.3 is 9.64 Å². The maximum atomic E-state index is 12.5. The highest BCUT2D eigenvalue weighted by Gasteiger charge is 2.29. The van der Waals surface area contributed by atoms with Gasteiger partial charge in [-0.15, -0.1) is 0 Å². The minimum Gasteiger partial charge on any atom is -0.466 e. The molecule has 1 aliphatic rings. The quantitative estimate of drug-likeness (QED) is 0.738. The second-order valence-electron chi connectivity index (χ2n) is 6.19. The van der Waals surface area contributed by atoms with Crippen LogP contribution in [-0.4, -0.2) is 55.0 Å². The molecule has 1 aromatic rings. The van der Waals surface area contributed by atoms with Crippen LogP contribution in [0.2, 0.25) is 5.02 Å². The average molecular weight is 353 g/mol. The SMILES string of the molecule is CCOC(=O)C1CCCN(C(=O)CN(C)Cc2ccccc2Cl)C1. The molecule has 1 fully saturated rings. The summed E-state index contributed by atoms with van der Waals surface area (Å²) in [5.74, 6) is -0.352. The average Bonchev–Trinajstić information content (AvgIpc) is 2.57. The molecule has 0 aromatic heterocycles. The molecule has 6 heteroatoms. The van der Waals surface area contributed by atoms with Crippen molar-refractivity contribution in [1.82, 2.24) is 9.80 Å². The van der Waals surface area contributed by atoms with Crippen LogP contribution < -0.4 is 0 Å². The first-order chi connectivity index (χ1) is 11.5. The Hall–Kier alpha value is -1.59. The van der Waals surface area contributed by atoms with Crippen molar-refractivity contribution < 1.29 is 14.3 Å². The molecule has 1 unspecified atom stereocenters. The lowest BCUT2D eigenvalue weighted by Crippen LogP contribution is -2.46. The Morgan fingerprint density at radius 2 is 2.12 bits per heavy atom. The smallest absolute Gasteiger partial charge is 0.310 e. The summed E-state index contributed by atoms with van der Waals surface area (Å²) in [5, 5.41) is 0.706. The molecule has 0 N–H and O–H groups in total. The number of carbonyl (C=O) groups excluding carboxylic acids is 2. The van der Waals surface area contributed by atoms with Gasteiger partial charge in [0.1, 0.15) is 0 Å². The fourth-order valence-electron chi connectivity index (χ4n) is 2.96. The van der Waals surface area contributed by atoms with E-state index < -0.39 is 0 Å². The van der Waals surface area contributed by atoms with Crippen molar-refractivity contribution in [2.75, 3.05) is 33.3 Å². The lowest BCUT2D eigenvalue weighted by molar-refractivity contribution is -0.151. The number of hydrogen-bond donors (Lipinski definition) is 0. The van der Waals surface area contributed by atoms with Gasteiger partial charge in [0.25, 0.3) is 0 Å². The van der Waals surface area contributed by atoms with Gasteiger partial charge in [0, 0.05) is 24.7 Å². The molecule has 1 heterocycles. The number of amides is 1. The van der Waals surface area contributed by atoms with Gasteiger partial charge in [-0.2, -0.15) is 0 Å². The third-order valence-corrected chi connectivity index (χ3v) is 4.57. The van der Waals surface area contributed by atoms with Crippen LogP contribution in [0.5, 0.6) is 0 Å². The van der Waals surface area contributed by atoms with Gasteiger partial charge in [-0.05, 0) is 38.4 Å². The number of esters is 1. The number of rotatable bonds is 6. The molecule has 0 aliphatic carbocycles. The normalized spacial score (nSPS) is 17.8. The highest BCUT2D eigenvalue weighted by atomic mass is 35.5. The van der Waals surface area contributed by atoms with Gasteiger partial charge in [-0.25, -0.2) is 0 Å². The maximum absolute atomic E-state index is 12.5. The van der Waals surface area contributed by atoms with Gasteiger partial charge in [-0.1, -0.05) is 29.8 Å². The van der Waals surface area contributed by atoms with E-state index in [0.29, 0.717) is 37.8 Å². The van der Waals surface area contributed by atoms with E-state index in [9.17, 15) is 9.59 Å². The highest BCUT2D eigenvalue weighted by Crippen LogP contribution is 2.19. The second-order valence-corrected chi connectivity index (χ2v) is 6.60. The molecule has 0 bridgehead atoms. The molecule has 2 rings (SSSR count). The number of hydrogen-bond acceptors (Lipinski definition) is 4. The number of benzene rings is 1. The van der Waals surface area contributed by atoms with E-state index in [1.807, 2.05) is 36.2 Å². The first-order valence-corrected chi connectivity index (χ1v) is 8.75. The summed E-state index contributed by atoms with van der Waals surface area (Å²) in [4.78, 5) is 28.1. The van der Waals surface area contributed by atoms with E-state index >= 15 is 0 Å². The fourth-order valence-corrected chi connectivity index (χ4v) is 3.16.